The number of carbonyl (C=O) groups is 2. The summed E-state index contributed by atoms with van der Waals surface area (Å²) in [7, 11) is 1.74. The molecule has 106 valence electrons. The van der Waals surface area contributed by atoms with Crippen molar-refractivity contribution < 1.29 is 14.8 Å². The third kappa shape index (κ3) is 5.49. The molecular weight excluding hydrogens is 256 g/mol. The lowest BCUT2D eigenvalue weighted by molar-refractivity contribution is -0.124. The molecule has 2 amide bonds. The highest BCUT2D eigenvalue weighted by Crippen LogP contribution is 2.12. The van der Waals surface area contributed by atoms with Crippen LogP contribution in [0.1, 0.15) is 12.8 Å². The van der Waals surface area contributed by atoms with Crippen molar-refractivity contribution in [3.8, 4) is 0 Å². The highest BCUT2D eigenvalue weighted by molar-refractivity contribution is 5.92. The fraction of sp³-hybridized carbons (Fsp3) is 0.200. The second kappa shape index (κ2) is 8.66. The van der Waals surface area contributed by atoms with Crippen molar-refractivity contribution >= 4 is 17.5 Å². The van der Waals surface area contributed by atoms with Gasteiger partial charge in [-0.05, 0) is 18.6 Å². The highest BCUT2D eigenvalue weighted by Gasteiger charge is 2.08. The summed E-state index contributed by atoms with van der Waals surface area (Å²) in [6.45, 7) is 0. The summed E-state index contributed by atoms with van der Waals surface area (Å²) in [6, 6.07) is 9.43. The van der Waals surface area contributed by atoms with Crippen molar-refractivity contribution in [1.82, 2.24) is 5.48 Å². The molecule has 0 bridgehead atoms. The number of nitrogens with zero attached hydrogens (tertiary/aromatic N) is 1. The van der Waals surface area contributed by atoms with Gasteiger partial charge in [-0.3, -0.25) is 14.8 Å². The number of allylic oxidation sites excluding steroid dienone is 3. The smallest absolute Gasteiger partial charge is 0.267 e. The van der Waals surface area contributed by atoms with Crippen LogP contribution in [0.4, 0.5) is 5.69 Å². The minimum atomic E-state index is -0.588. The van der Waals surface area contributed by atoms with Gasteiger partial charge < -0.3 is 4.90 Å². The molecule has 1 rings (SSSR count). The van der Waals surface area contributed by atoms with Crippen molar-refractivity contribution in [3.05, 3.63) is 54.6 Å². The minimum Gasteiger partial charge on any atom is -0.315 e. The zero-order valence-electron chi connectivity index (χ0n) is 11.3. The largest absolute Gasteiger partial charge is 0.315 e. The Kier molecular flexibility index (Phi) is 6.78. The SMILES string of the molecule is CN(C(=O)CCC=CC=CC(=O)NO)c1ccccc1. The molecular formula is C15H18N2O3. The van der Waals surface area contributed by atoms with Gasteiger partial charge >= 0.3 is 0 Å². The first-order valence-electron chi connectivity index (χ1n) is 6.24. The molecule has 0 atom stereocenters. The molecule has 0 aliphatic carbocycles. The summed E-state index contributed by atoms with van der Waals surface area (Å²) < 4.78 is 0. The summed E-state index contributed by atoms with van der Waals surface area (Å²) >= 11 is 0. The Morgan fingerprint density at radius 3 is 2.60 bits per heavy atom. The summed E-state index contributed by atoms with van der Waals surface area (Å²) in [5, 5.41) is 8.25. The van der Waals surface area contributed by atoms with Gasteiger partial charge in [0.2, 0.25) is 5.91 Å². The Bertz CT molecular complexity index is 495. The lowest BCUT2D eigenvalue weighted by Gasteiger charge is -2.16. The normalized spacial score (nSPS) is 10.9. The van der Waals surface area contributed by atoms with Gasteiger partial charge in [0, 0.05) is 25.2 Å². The van der Waals surface area contributed by atoms with E-state index in [9.17, 15) is 9.59 Å². The molecule has 0 saturated carbocycles. The average Bonchev–Trinajstić information content (AvgIpc) is 2.50. The van der Waals surface area contributed by atoms with Crippen molar-refractivity contribution in [2.24, 2.45) is 0 Å². The van der Waals surface area contributed by atoms with Crippen LogP contribution >= 0.6 is 0 Å². The van der Waals surface area contributed by atoms with E-state index >= 15 is 0 Å². The van der Waals surface area contributed by atoms with Crippen molar-refractivity contribution in [3.63, 3.8) is 0 Å². The molecule has 0 aliphatic heterocycles. The number of hydroxylamine groups is 1. The Morgan fingerprint density at radius 1 is 1.25 bits per heavy atom. The number of anilines is 1. The number of rotatable bonds is 6. The van der Waals surface area contributed by atoms with Gasteiger partial charge in [0.15, 0.2) is 0 Å². The number of carbonyl (C=O) groups excluding carboxylic acids is 2. The van der Waals surface area contributed by atoms with Crippen molar-refractivity contribution in [1.29, 1.82) is 0 Å². The van der Waals surface area contributed by atoms with Crippen LogP contribution in [0.5, 0.6) is 0 Å². The van der Waals surface area contributed by atoms with Crippen LogP contribution in [0.2, 0.25) is 0 Å². The topological polar surface area (TPSA) is 69.6 Å². The fourth-order valence-electron chi connectivity index (χ4n) is 1.53. The Balaban J connectivity index is 2.35. The summed E-state index contributed by atoms with van der Waals surface area (Å²) in [5.41, 5.74) is 2.35. The van der Waals surface area contributed by atoms with Crippen LogP contribution in [-0.4, -0.2) is 24.1 Å². The maximum absolute atomic E-state index is 11.9. The summed E-state index contributed by atoms with van der Waals surface area (Å²) in [5.74, 6) is -0.563. The molecule has 5 nitrogen and oxygen atoms in total. The summed E-state index contributed by atoms with van der Waals surface area (Å²) in [6.07, 6.45) is 7.11. The number of amides is 2. The van der Waals surface area contributed by atoms with Gasteiger partial charge in [0.1, 0.15) is 0 Å². The fourth-order valence-corrected chi connectivity index (χ4v) is 1.53. The van der Waals surface area contributed by atoms with E-state index in [0.29, 0.717) is 12.8 Å². The molecule has 2 N–H and O–H groups in total. The maximum atomic E-state index is 11.9. The highest BCUT2D eigenvalue weighted by atomic mass is 16.5. The van der Waals surface area contributed by atoms with E-state index in [1.54, 1.807) is 24.1 Å². The summed E-state index contributed by atoms with van der Waals surface area (Å²) in [4.78, 5) is 24.2. The number of nitrogens with one attached hydrogen (secondary N) is 1. The van der Waals surface area contributed by atoms with E-state index in [1.807, 2.05) is 30.3 Å². The lowest BCUT2D eigenvalue weighted by atomic mass is 10.2. The Morgan fingerprint density at radius 2 is 1.95 bits per heavy atom. The molecule has 0 radical (unpaired) electrons. The van der Waals surface area contributed by atoms with Crippen LogP contribution in [0.15, 0.2) is 54.6 Å². The molecule has 0 saturated heterocycles. The zero-order chi connectivity index (χ0) is 14.8. The molecule has 5 heteroatoms. The average molecular weight is 274 g/mol. The van der Waals surface area contributed by atoms with Crippen molar-refractivity contribution in [2.45, 2.75) is 12.8 Å². The van der Waals surface area contributed by atoms with Gasteiger partial charge in [0.25, 0.3) is 5.91 Å². The third-order valence-corrected chi connectivity index (χ3v) is 2.65. The predicted molar refractivity (Wildman–Crippen MR) is 77.3 cm³/mol. The van der Waals surface area contributed by atoms with E-state index in [2.05, 4.69) is 0 Å². The van der Waals surface area contributed by atoms with E-state index in [-0.39, 0.29) is 5.91 Å². The van der Waals surface area contributed by atoms with Crippen LogP contribution in [-0.2, 0) is 9.59 Å². The molecule has 0 spiro atoms. The predicted octanol–water partition coefficient (Wildman–Crippen LogP) is 2.05. The molecule has 1 aromatic carbocycles. The zero-order valence-corrected chi connectivity index (χ0v) is 11.3. The molecule has 0 unspecified atom stereocenters. The van der Waals surface area contributed by atoms with E-state index in [4.69, 9.17) is 5.21 Å². The van der Waals surface area contributed by atoms with Gasteiger partial charge in [0.05, 0.1) is 0 Å². The van der Waals surface area contributed by atoms with Gasteiger partial charge in [-0.15, -0.1) is 0 Å². The number of para-hydroxylation sites is 1. The molecule has 20 heavy (non-hydrogen) atoms. The second-order valence-electron chi connectivity index (χ2n) is 4.09. The Hall–Kier alpha value is -2.40. The van der Waals surface area contributed by atoms with E-state index < -0.39 is 5.91 Å². The first-order chi connectivity index (χ1) is 9.65. The van der Waals surface area contributed by atoms with Crippen molar-refractivity contribution in [2.75, 3.05) is 11.9 Å². The monoisotopic (exact) mass is 274 g/mol. The van der Waals surface area contributed by atoms with Gasteiger partial charge in [-0.1, -0.05) is 36.4 Å². The quantitative estimate of drug-likeness (QED) is 0.361. The maximum Gasteiger partial charge on any atom is 0.267 e. The number of hydrogen-bond acceptors (Lipinski definition) is 3. The van der Waals surface area contributed by atoms with Crippen LogP contribution < -0.4 is 10.4 Å². The molecule has 0 aromatic heterocycles. The van der Waals surface area contributed by atoms with Crippen LogP contribution in [0.3, 0.4) is 0 Å². The number of hydrogen-bond donors (Lipinski definition) is 2. The second-order valence-corrected chi connectivity index (χ2v) is 4.09. The first kappa shape index (κ1) is 15.7. The van der Waals surface area contributed by atoms with Gasteiger partial charge in [-0.25, -0.2) is 5.48 Å². The van der Waals surface area contributed by atoms with Crippen LogP contribution in [0, 0.1) is 0 Å². The number of benzene rings is 1. The van der Waals surface area contributed by atoms with E-state index in [1.165, 1.54) is 17.6 Å². The first-order valence-corrected chi connectivity index (χ1v) is 6.24. The van der Waals surface area contributed by atoms with Gasteiger partial charge in [-0.2, -0.15) is 0 Å². The van der Waals surface area contributed by atoms with Crippen LogP contribution in [0.25, 0.3) is 0 Å². The standard InChI is InChI=1S/C15H18N2O3/c1-17(13-9-5-4-6-10-13)15(19)12-8-3-2-7-11-14(18)16-20/h2-7,9-11,20H,8,12H2,1H3,(H,16,18). The molecule has 0 fully saturated rings. The third-order valence-electron chi connectivity index (χ3n) is 2.65. The Labute approximate surface area is 118 Å². The molecule has 0 aliphatic rings. The molecule has 1 aromatic rings. The van der Waals surface area contributed by atoms with E-state index in [0.717, 1.165) is 5.69 Å². The lowest BCUT2D eigenvalue weighted by Crippen LogP contribution is -2.25. The minimum absolute atomic E-state index is 0.0259. The molecule has 0 heterocycles.